The van der Waals surface area contributed by atoms with Gasteiger partial charge in [0.15, 0.2) is 5.96 Å². The Hall–Kier alpha value is -1.85. The quantitative estimate of drug-likeness (QED) is 0.303. The van der Waals surface area contributed by atoms with Gasteiger partial charge in [0.25, 0.3) is 0 Å². The number of hydrogen-bond acceptors (Lipinski definition) is 4. The highest BCUT2D eigenvalue weighted by Crippen LogP contribution is 2.19. The molecule has 0 heterocycles. The number of nitrogens with zero attached hydrogens (tertiary/aromatic N) is 2. The number of hydrogen-bond donors (Lipinski definition) is 2. The summed E-state index contributed by atoms with van der Waals surface area (Å²) in [6.45, 7) is 3.05. The van der Waals surface area contributed by atoms with Gasteiger partial charge in [0.1, 0.15) is 5.75 Å². The molecule has 2 N–H and O–H groups in total. The maximum Gasteiger partial charge on any atom is 0.242 e. The van der Waals surface area contributed by atoms with Gasteiger partial charge in [-0.05, 0) is 42.2 Å². The van der Waals surface area contributed by atoms with Crippen molar-refractivity contribution in [1.29, 1.82) is 0 Å². The first-order valence-electron chi connectivity index (χ1n) is 9.38. The molecule has 0 aliphatic heterocycles. The molecule has 0 aromatic heterocycles. The van der Waals surface area contributed by atoms with Crippen LogP contribution >= 0.6 is 24.0 Å². The van der Waals surface area contributed by atoms with E-state index in [1.807, 2.05) is 25.1 Å². The highest BCUT2D eigenvalue weighted by molar-refractivity contribution is 14.0. The number of halogens is 1. The van der Waals surface area contributed by atoms with Gasteiger partial charge in [-0.2, -0.15) is 0 Å². The molecule has 0 aliphatic carbocycles. The maximum absolute atomic E-state index is 12.5. The Bertz CT molecular complexity index is 962. The van der Waals surface area contributed by atoms with Crippen molar-refractivity contribution in [2.24, 2.45) is 4.99 Å². The van der Waals surface area contributed by atoms with Crippen LogP contribution in [0.4, 0.5) is 0 Å². The Labute approximate surface area is 197 Å². The summed E-state index contributed by atoms with van der Waals surface area (Å²) in [6, 6.07) is 13.1. The summed E-state index contributed by atoms with van der Waals surface area (Å²) in [5.41, 5.74) is 2.96. The van der Waals surface area contributed by atoms with Gasteiger partial charge >= 0.3 is 0 Å². The van der Waals surface area contributed by atoms with Crippen LogP contribution in [0, 0.1) is 6.92 Å². The van der Waals surface area contributed by atoms with E-state index in [9.17, 15) is 8.42 Å². The fourth-order valence-electron chi connectivity index (χ4n) is 2.84. The molecule has 7 nitrogen and oxygen atoms in total. The number of methoxy groups -OCH3 is 1. The Morgan fingerprint density at radius 2 is 1.83 bits per heavy atom. The second-order valence-electron chi connectivity index (χ2n) is 6.80. The monoisotopic (exact) mass is 546 g/mol. The van der Waals surface area contributed by atoms with Gasteiger partial charge in [-0.1, -0.05) is 30.3 Å². The number of aliphatic imine (C=N–C) groups is 1. The first-order chi connectivity index (χ1) is 13.8. The van der Waals surface area contributed by atoms with E-state index in [-0.39, 0.29) is 24.0 Å². The number of nitrogens with one attached hydrogen (secondary N) is 2. The molecule has 2 aromatic carbocycles. The van der Waals surface area contributed by atoms with Crippen molar-refractivity contribution < 1.29 is 13.2 Å². The van der Waals surface area contributed by atoms with E-state index >= 15 is 0 Å². The van der Waals surface area contributed by atoms with Crippen molar-refractivity contribution in [3.8, 4) is 5.75 Å². The number of aryl methyl sites for hydroxylation is 1. The van der Waals surface area contributed by atoms with Crippen LogP contribution in [0.25, 0.3) is 0 Å². The summed E-state index contributed by atoms with van der Waals surface area (Å²) in [7, 11) is 2.91. The van der Waals surface area contributed by atoms with Gasteiger partial charge in [0, 0.05) is 34.2 Å². The first kappa shape index (κ1) is 26.2. The molecule has 0 saturated carbocycles. The summed E-state index contributed by atoms with van der Waals surface area (Å²) in [6.07, 6.45) is 0.808. The van der Waals surface area contributed by atoms with Crippen molar-refractivity contribution in [3.63, 3.8) is 0 Å². The third kappa shape index (κ3) is 6.85. The van der Waals surface area contributed by atoms with Crippen LogP contribution in [0.2, 0.25) is 0 Å². The van der Waals surface area contributed by atoms with Crippen LogP contribution in [-0.2, 0) is 23.0 Å². The molecular weight excluding hydrogens is 515 g/mol. The van der Waals surface area contributed by atoms with Crippen molar-refractivity contribution >= 4 is 40.0 Å². The summed E-state index contributed by atoms with van der Waals surface area (Å²) < 4.78 is 31.6. The zero-order valence-electron chi connectivity index (χ0n) is 18.1. The van der Waals surface area contributed by atoms with Gasteiger partial charge in [0.2, 0.25) is 10.0 Å². The largest absolute Gasteiger partial charge is 0.496 e. The molecule has 0 amide bonds. The molecule has 2 rings (SSSR count). The Kier molecular flexibility index (Phi) is 10.6. The first-order valence-corrected chi connectivity index (χ1v) is 10.8. The van der Waals surface area contributed by atoms with Crippen LogP contribution < -0.4 is 15.4 Å². The lowest BCUT2D eigenvalue weighted by Crippen LogP contribution is -2.38. The predicted molar refractivity (Wildman–Crippen MR) is 132 cm³/mol. The maximum atomic E-state index is 12.5. The number of sulfonamides is 1. The minimum Gasteiger partial charge on any atom is -0.496 e. The molecule has 0 fully saturated rings. The third-order valence-corrected chi connectivity index (χ3v) is 6.50. The van der Waals surface area contributed by atoms with Crippen LogP contribution in [0.5, 0.6) is 5.75 Å². The van der Waals surface area contributed by atoms with Gasteiger partial charge in [0.05, 0.1) is 12.0 Å². The van der Waals surface area contributed by atoms with Crippen molar-refractivity contribution in [1.82, 2.24) is 14.9 Å². The van der Waals surface area contributed by atoms with Crippen LogP contribution in [0.3, 0.4) is 0 Å². The fourth-order valence-corrected chi connectivity index (χ4v) is 3.96. The molecule has 2 aromatic rings. The number of benzene rings is 2. The average molecular weight is 546 g/mol. The Balaban J connectivity index is 0.00000450. The van der Waals surface area contributed by atoms with E-state index in [0.717, 1.165) is 23.3 Å². The second kappa shape index (κ2) is 12.1. The lowest BCUT2D eigenvalue weighted by atomic mass is 10.1. The van der Waals surface area contributed by atoms with Crippen molar-refractivity contribution in [3.05, 3.63) is 59.2 Å². The Morgan fingerprint density at radius 1 is 1.13 bits per heavy atom. The zero-order valence-corrected chi connectivity index (χ0v) is 21.2. The number of rotatable bonds is 8. The van der Waals surface area contributed by atoms with Gasteiger partial charge in [-0.15, -0.1) is 24.0 Å². The SMILES string of the molecule is CN=C(NCCc1ccc(C)c(OC)c1)NCc1ccccc1S(=O)(=O)N(C)C.I. The van der Waals surface area contributed by atoms with E-state index in [4.69, 9.17) is 4.74 Å². The highest BCUT2D eigenvalue weighted by Gasteiger charge is 2.20. The fraction of sp³-hybridized carbons (Fsp3) is 0.381. The van der Waals surface area contributed by atoms with Crippen LogP contribution in [0.1, 0.15) is 16.7 Å². The van der Waals surface area contributed by atoms with Crippen LogP contribution in [-0.4, -0.2) is 53.5 Å². The van der Waals surface area contributed by atoms with E-state index in [1.165, 1.54) is 18.4 Å². The summed E-state index contributed by atoms with van der Waals surface area (Å²) in [5, 5.41) is 6.45. The lowest BCUT2D eigenvalue weighted by Gasteiger charge is -2.17. The molecule has 166 valence electrons. The second-order valence-corrected chi connectivity index (χ2v) is 8.92. The predicted octanol–water partition coefficient (Wildman–Crippen LogP) is 2.78. The van der Waals surface area contributed by atoms with E-state index in [2.05, 4.69) is 21.7 Å². The van der Waals surface area contributed by atoms with Crippen molar-refractivity contribution in [2.75, 3.05) is 34.8 Å². The van der Waals surface area contributed by atoms with Gasteiger partial charge in [-0.3, -0.25) is 4.99 Å². The summed E-state index contributed by atoms with van der Waals surface area (Å²) in [5.74, 6) is 1.49. The smallest absolute Gasteiger partial charge is 0.242 e. The summed E-state index contributed by atoms with van der Waals surface area (Å²) >= 11 is 0. The van der Waals surface area contributed by atoms with E-state index in [1.54, 1.807) is 32.4 Å². The van der Waals surface area contributed by atoms with E-state index in [0.29, 0.717) is 29.5 Å². The number of ether oxygens (including phenoxy) is 1. The minimum atomic E-state index is -3.50. The average Bonchev–Trinajstić information content (AvgIpc) is 2.71. The van der Waals surface area contributed by atoms with E-state index < -0.39 is 10.0 Å². The summed E-state index contributed by atoms with van der Waals surface area (Å²) in [4.78, 5) is 4.51. The van der Waals surface area contributed by atoms with Gasteiger partial charge < -0.3 is 15.4 Å². The molecule has 0 radical (unpaired) electrons. The molecular formula is C21H31IN4O3S. The molecule has 0 unspecified atom stereocenters. The minimum absolute atomic E-state index is 0. The molecule has 0 saturated heterocycles. The molecule has 0 spiro atoms. The highest BCUT2D eigenvalue weighted by atomic mass is 127. The Morgan fingerprint density at radius 3 is 2.47 bits per heavy atom. The third-order valence-electron chi connectivity index (χ3n) is 4.58. The number of guanidine groups is 1. The van der Waals surface area contributed by atoms with Gasteiger partial charge in [-0.25, -0.2) is 12.7 Å². The molecule has 0 aliphatic rings. The molecule has 0 atom stereocenters. The standard InChI is InChI=1S/C21H30N4O3S.HI/c1-16-10-11-17(14-19(16)28-5)12-13-23-21(22-2)24-15-18-8-6-7-9-20(18)29(26,27)25(3)4;/h6-11,14H,12-13,15H2,1-5H3,(H2,22,23,24);1H. The van der Waals surface area contributed by atoms with Crippen LogP contribution in [0.15, 0.2) is 52.4 Å². The normalized spacial score (nSPS) is 11.7. The zero-order chi connectivity index (χ0) is 21.4. The molecule has 9 heteroatoms. The van der Waals surface area contributed by atoms with Crippen molar-refractivity contribution in [2.45, 2.75) is 24.8 Å². The molecule has 0 bridgehead atoms. The molecule has 30 heavy (non-hydrogen) atoms. The lowest BCUT2D eigenvalue weighted by molar-refractivity contribution is 0.411. The topological polar surface area (TPSA) is 83.0 Å².